The second kappa shape index (κ2) is 8.32. The van der Waals surface area contributed by atoms with Gasteiger partial charge in [0.2, 0.25) is 0 Å². The number of likely N-dealkylation sites (N-methyl/N-ethyl adjacent to an activating group) is 1. The Labute approximate surface area is 168 Å². The predicted octanol–water partition coefficient (Wildman–Crippen LogP) is 1.74. The van der Waals surface area contributed by atoms with E-state index in [9.17, 15) is 4.79 Å². The number of methoxy groups -OCH3 is 1. The number of quaternary nitrogens is 1. The highest BCUT2D eigenvalue weighted by molar-refractivity contribution is 7.17. The molecule has 3 aromatic rings. The topological polar surface area (TPSA) is 57.3 Å². The fourth-order valence-electron chi connectivity index (χ4n) is 3.64. The Morgan fingerprint density at radius 1 is 1.18 bits per heavy atom. The van der Waals surface area contributed by atoms with Gasteiger partial charge in [-0.3, -0.25) is 9.20 Å². The van der Waals surface area contributed by atoms with Crippen molar-refractivity contribution in [3.8, 4) is 11.5 Å². The molecule has 2 aromatic heterocycles. The Kier molecular flexibility index (Phi) is 5.64. The minimum Gasteiger partial charge on any atom is -0.497 e. The normalized spacial score (nSPS) is 14.6. The number of fused-ring (bicyclic) bond motifs is 3. The summed E-state index contributed by atoms with van der Waals surface area (Å²) in [6.45, 7) is 2.14. The maximum atomic E-state index is 12.7. The summed E-state index contributed by atoms with van der Waals surface area (Å²) in [5.41, 5.74) is 2.09. The van der Waals surface area contributed by atoms with Gasteiger partial charge in [0.15, 0.2) is 4.96 Å². The average molecular weight is 401 g/mol. The van der Waals surface area contributed by atoms with Crippen LogP contribution in [0.5, 0.6) is 11.5 Å². The van der Waals surface area contributed by atoms with Crippen molar-refractivity contribution < 1.29 is 14.4 Å². The Morgan fingerprint density at radius 3 is 2.71 bits per heavy atom. The van der Waals surface area contributed by atoms with Gasteiger partial charge in [0.05, 0.1) is 14.2 Å². The first kappa shape index (κ1) is 19.0. The number of nitrogens with one attached hydrogen (secondary N) is 1. The van der Waals surface area contributed by atoms with Crippen LogP contribution in [0.2, 0.25) is 0 Å². The highest BCUT2D eigenvalue weighted by Gasteiger charge is 2.19. The number of aromatic nitrogens is 2. The largest absolute Gasteiger partial charge is 0.497 e. The van der Waals surface area contributed by atoms with Gasteiger partial charge in [-0.1, -0.05) is 0 Å². The lowest BCUT2D eigenvalue weighted by atomic mass is 10.0. The summed E-state index contributed by atoms with van der Waals surface area (Å²) in [5, 5.41) is 0. The zero-order valence-electron chi connectivity index (χ0n) is 16.4. The van der Waals surface area contributed by atoms with Crippen molar-refractivity contribution in [2.24, 2.45) is 0 Å². The lowest BCUT2D eigenvalue weighted by Crippen LogP contribution is -3.08. The van der Waals surface area contributed by atoms with E-state index in [2.05, 4.69) is 7.05 Å². The van der Waals surface area contributed by atoms with Crippen LogP contribution in [-0.4, -0.2) is 36.7 Å². The van der Waals surface area contributed by atoms with Gasteiger partial charge in [0.25, 0.3) is 5.56 Å². The van der Waals surface area contributed by atoms with Gasteiger partial charge in [0.1, 0.15) is 36.9 Å². The minimum absolute atomic E-state index is 0.0571. The first-order valence-electron chi connectivity index (χ1n) is 9.75. The van der Waals surface area contributed by atoms with Crippen molar-refractivity contribution >= 4 is 16.3 Å². The SMILES string of the molecule is COc1ccc(OCC[NH+](C)Cc2cc(=O)n3c4c(sc3n2)CCCC4)cc1. The van der Waals surface area contributed by atoms with Gasteiger partial charge in [0, 0.05) is 16.6 Å². The second-order valence-corrected chi connectivity index (χ2v) is 8.35. The summed E-state index contributed by atoms with van der Waals surface area (Å²) in [4.78, 5) is 20.9. The number of hydrogen-bond donors (Lipinski definition) is 1. The van der Waals surface area contributed by atoms with Crippen LogP contribution in [0.4, 0.5) is 0 Å². The van der Waals surface area contributed by atoms with Crippen LogP contribution in [0.15, 0.2) is 35.1 Å². The van der Waals surface area contributed by atoms with E-state index in [4.69, 9.17) is 14.5 Å². The number of benzene rings is 1. The van der Waals surface area contributed by atoms with E-state index in [0.29, 0.717) is 13.2 Å². The van der Waals surface area contributed by atoms with E-state index in [1.165, 1.54) is 21.9 Å². The summed E-state index contributed by atoms with van der Waals surface area (Å²) in [6.07, 6.45) is 4.44. The van der Waals surface area contributed by atoms with E-state index >= 15 is 0 Å². The molecule has 1 aromatic carbocycles. The minimum atomic E-state index is 0.0571. The molecule has 7 heteroatoms. The molecule has 1 N–H and O–H groups in total. The van der Waals surface area contributed by atoms with Crippen molar-refractivity contribution in [2.75, 3.05) is 27.3 Å². The molecule has 0 bridgehead atoms. The number of thiazole rings is 1. The van der Waals surface area contributed by atoms with Crippen molar-refractivity contribution in [3.05, 3.63) is 57.0 Å². The zero-order chi connectivity index (χ0) is 19.5. The molecule has 0 fully saturated rings. The second-order valence-electron chi connectivity index (χ2n) is 7.29. The lowest BCUT2D eigenvalue weighted by Gasteiger charge is -2.14. The Bertz CT molecular complexity index is 1010. The van der Waals surface area contributed by atoms with E-state index < -0.39 is 0 Å². The molecule has 1 atom stereocenters. The smallest absolute Gasteiger partial charge is 0.259 e. The molecule has 0 radical (unpaired) electrons. The van der Waals surface area contributed by atoms with Crippen molar-refractivity contribution in [3.63, 3.8) is 0 Å². The molecule has 0 amide bonds. The quantitative estimate of drug-likeness (QED) is 0.656. The molecule has 28 heavy (non-hydrogen) atoms. The maximum absolute atomic E-state index is 12.7. The monoisotopic (exact) mass is 400 g/mol. The standard InChI is InChI=1S/C21H25N3O3S/c1-23(11-12-27-17-9-7-16(26-2)8-10-17)14-15-13-20(25)24-18-5-3-4-6-19(18)28-21(24)22-15/h7-10,13H,3-6,11-12,14H2,1-2H3/p+1. The molecule has 1 aliphatic carbocycles. The lowest BCUT2D eigenvalue weighted by molar-refractivity contribution is -0.894. The number of ether oxygens (including phenoxy) is 2. The molecule has 6 nitrogen and oxygen atoms in total. The molecule has 2 heterocycles. The molecule has 0 aliphatic heterocycles. The van der Waals surface area contributed by atoms with Gasteiger partial charge in [-0.2, -0.15) is 0 Å². The first-order chi connectivity index (χ1) is 13.6. The van der Waals surface area contributed by atoms with Crippen molar-refractivity contribution in [1.29, 1.82) is 0 Å². The number of aryl methyl sites for hydroxylation is 2. The molecular weight excluding hydrogens is 374 g/mol. The zero-order valence-corrected chi connectivity index (χ0v) is 17.2. The Morgan fingerprint density at radius 2 is 1.93 bits per heavy atom. The van der Waals surface area contributed by atoms with Gasteiger partial charge < -0.3 is 14.4 Å². The average Bonchev–Trinajstić information content (AvgIpc) is 3.07. The molecule has 0 spiro atoms. The predicted molar refractivity (Wildman–Crippen MR) is 110 cm³/mol. The van der Waals surface area contributed by atoms with Crippen LogP contribution in [-0.2, 0) is 19.4 Å². The number of rotatable bonds is 7. The first-order valence-corrected chi connectivity index (χ1v) is 10.6. The Balaban J connectivity index is 1.38. The molecule has 148 valence electrons. The fourth-order valence-corrected chi connectivity index (χ4v) is 4.88. The van der Waals surface area contributed by atoms with E-state index in [0.717, 1.165) is 48.0 Å². The molecule has 4 rings (SSSR count). The van der Waals surface area contributed by atoms with Crippen LogP contribution in [0.1, 0.15) is 29.1 Å². The van der Waals surface area contributed by atoms with E-state index in [1.54, 1.807) is 24.5 Å². The molecule has 0 saturated heterocycles. The summed E-state index contributed by atoms with van der Waals surface area (Å²) in [6, 6.07) is 9.28. The van der Waals surface area contributed by atoms with Gasteiger partial charge >= 0.3 is 0 Å². The molecule has 1 aliphatic rings. The van der Waals surface area contributed by atoms with Crippen molar-refractivity contribution in [1.82, 2.24) is 9.38 Å². The third-order valence-electron chi connectivity index (χ3n) is 5.15. The maximum Gasteiger partial charge on any atom is 0.259 e. The fraction of sp³-hybridized carbons (Fsp3) is 0.429. The highest BCUT2D eigenvalue weighted by atomic mass is 32.1. The third kappa shape index (κ3) is 4.05. The highest BCUT2D eigenvalue weighted by Crippen LogP contribution is 2.28. The summed E-state index contributed by atoms with van der Waals surface area (Å²) in [7, 11) is 3.75. The van der Waals surface area contributed by atoms with Gasteiger partial charge in [-0.15, -0.1) is 11.3 Å². The molecular formula is C21H26N3O3S+. The molecule has 1 unspecified atom stereocenters. The summed E-state index contributed by atoms with van der Waals surface area (Å²) >= 11 is 1.68. The van der Waals surface area contributed by atoms with E-state index in [1.807, 2.05) is 28.7 Å². The van der Waals surface area contributed by atoms with Crippen LogP contribution in [0, 0.1) is 0 Å². The van der Waals surface area contributed by atoms with Crippen LogP contribution in [0.3, 0.4) is 0 Å². The Hall–Kier alpha value is -2.38. The summed E-state index contributed by atoms with van der Waals surface area (Å²) in [5.74, 6) is 1.65. The van der Waals surface area contributed by atoms with Crippen molar-refractivity contribution in [2.45, 2.75) is 32.2 Å². The van der Waals surface area contributed by atoms with E-state index in [-0.39, 0.29) is 5.56 Å². The van der Waals surface area contributed by atoms with Crippen LogP contribution < -0.4 is 19.9 Å². The van der Waals surface area contributed by atoms with Crippen LogP contribution >= 0.6 is 11.3 Å². The molecule has 0 saturated carbocycles. The number of hydrogen-bond acceptors (Lipinski definition) is 5. The van der Waals surface area contributed by atoms with Gasteiger partial charge in [-0.05, 0) is 49.9 Å². The van der Waals surface area contributed by atoms with Gasteiger partial charge in [-0.25, -0.2) is 4.98 Å². The summed E-state index contributed by atoms with van der Waals surface area (Å²) < 4.78 is 12.8. The number of nitrogens with zero attached hydrogens (tertiary/aromatic N) is 2. The van der Waals surface area contributed by atoms with Crippen LogP contribution in [0.25, 0.3) is 4.96 Å². The third-order valence-corrected chi connectivity index (χ3v) is 6.30.